The molecular formula is C20H14ClN3O2S. The van der Waals surface area contributed by atoms with Crippen LogP contribution in [-0.2, 0) is 4.79 Å². The number of benzene rings is 2. The number of aromatic nitrogens is 2. The van der Waals surface area contributed by atoms with Crippen LogP contribution >= 0.6 is 22.9 Å². The molecule has 0 bridgehead atoms. The average Bonchev–Trinajstić information content (AvgIpc) is 3.11. The van der Waals surface area contributed by atoms with Crippen LogP contribution in [0.2, 0.25) is 5.02 Å². The predicted octanol–water partition coefficient (Wildman–Crippen LogP) is 5.03. The Morgan fingerprint density at radius 2 is 1.96 bits per heavy atom. The highest BCUT2D eigenvalue weighted by Gasteiger charge is 2.08. The van der Waals surface area contributed by atoms with E-state index in [0.29, 0.717) is 16.5 Å². The van der Waals surface area contributed by atoms with Crippen molar-refractivity contribution in [3.63, 3.8) is 0 Å². The SMILES string of the molecule is O=C(COc1cccc(Cl)c1)Nc1ccc(-c2nc3cccnc3s2)cc1. The topological polar surface area (TPSA) is 64.1 Å². The molecular weight excluding hydrogens is 382 g/mol. The second kappa shape index (κ2) is 7.73. The summed E-state index contributed by atoms with van der Waals surface area (Å²) in [5, 5.41) is 4.26. The van der Waals surface area contributed by atoms with Crippen molar-refractivity contribution in [2.75, 3.05) is 11.9 Å². The number of nitrogens with zero attached hydrogens (tertiary/aromatic N) is 2. The van der Waals surface area contributed by atoms with Gasteiger partial charge in [-0.2, -0.15) is 0 Å². The van der Waals surface area contributed by atoms with Gasteiger partial charge >= 0.3 is 0 Å². The van der Waals surface area contributed by atoms with Gasteiger partial charge in [-0.25, -0.2) is 9.97 Å². The highest BCUT2D eigenvalue weighted by molar-refractivity contribution is 7.21. The summed E-state index contributed by atoms with van der Waals surface area (Å²) in [5.74, 6) is 0.310. The monoisotopic (exact) mass is 395 g/mol. The molecule has 0 aliphatic heterocycles. The lowest BCUT2D eigenvalue weighted by Gasteiger charge is -2.08. The number of carbonyl (C=O) groups is 1. The Bertz CT molecular complexity index is 1060. The van der Waals surface area contributed by atoms with Crippen LogP contribution in [0, 0.1) is 0 Å². The fraction of sp³-hybridized carbons (Fsp3) is 0.0500. The van der Waals surface area contributed by atoms with E-state index >= 15 is 0 Å². The Kier molecular flexibility index (Phi) is 5.00. The Morgan fingerprint density at radius 3 is 2.74 bits per heavy atom. The molecule has 2 heterocycles. The van der Waals surface area contributed by atoms with Crippen LogP contribution in [0.25, 0.3) is 20.9 Å². The van der Waals surface area contributed by atoms with Gasteiger partial charge in [0.25, 0.3) is 5.91 Å². The number of hydrogen-bond acceptors (Lipinski definition) is 5. The Morgan fingerprint density at radius 1 is 1.11 bits per heavy atom. The summed E-state index contributed by atoms with van der Waals surface area (Å²) in [5.41, 5.74) is 2.55. The van der Waals surface area contributed by atoms with Gasteiger partial charge in [0, 0.05) is 22.5 Å². The number of thiazole rings is 1. The molecule has 7 heteroatoms. The summed E-state index contributed by atoms with van der Waals surface area (Å²) in [6.45, 7) is -0.0916. The highest BCUT2D eigenvalue weighted by atomic mass is 35.5. The number of pyridine rings is 1. The quantitative estimate of drug-likeness (QED) is 0.514. The third kappa shape index (κ3) is 4.24. The molecule has 4 rings (SSSR count). The Labute approximate surface area is 164 Å². The van der Waals surface area contributed by atoms with Gasteiger partial charge in [0.1, 0.15) is 21.1 Å². The van der Waals surface area contributed by atoms with Gasteiger partial charge in [-0.15, -0.1) is 0 Å². The molecule has 0 radical (unpaired) electrons. The van der Waals surface area contributed by atoms with Gasteiger partial charge in [-0.1, -0.05) is 29.0 Å². The van der Waals surface area contributed by atoms with Crippen LogP contribution in [-0.4, -0.2) is 22.5 Å². The third-order valence-electron chi connectivity index (χ3n) is 3.75. The van der Waals surface area contributed by atoms with Gasteiger partial charge in [0.05, 0.1) is 0 Å². The van der Waals surface area contributed by atoms with Gasteiger partial charge in [0.2, 0.25) is 0 Å². The van der Waals surface area contributed by atoms with E-state index in [2.05, 4.69) is 15.3 Å². The van der Waals surface area contributed by atoms with E-state index in [-0.39, 0.29) is 12.5 Å². The number of rotatable bonds is 5. The van der Waals surface area contributed by atoms with Crippen molar-refractivity contribution >= 4 is 44.9 Å². The molecule has 0 spiro atoms. The molecule has 2 aromatic carbocycles. The first-order valence-electron chi connectivity index (χ1n) is 8.17. The molecule has 4 aromatic rings. The fourth-order valence-electron chi connectivity index (χ4n) is 2.49. The minimum atomic E-state index is -0.244. The van der Waals surface area contributed by atoms with Crippen LogP contribution in [0.3, 0.4) is 0 Å². The molecule has 27 heavy (non-hydrogen) atoms. The maximum atomic E-state index is 12.1. The van der Waals surface area contributed by atoms with Gasteiger partial charge in [-0.3, -0.25) is 4.79 Å². The number of nitrogens with one attached hydrogen (secondary N) is 1. The van der Waals surface area contributed by atoms with E-state index in [1.165, 1.54) is 11.3 Å². The van der Waals surface area contributed by atoms with Crippen molar-refractivity contribution in [2.45, 2.75) is 0 Å². The maximum absolute atomic E-state index is 12.1. The fourth-order valence-corrected chi connectivity index (χ4v) is 3.59. The zero-order valence-electron chi connectivity index (χ0n) is 14.1. The van der Waals surface area contributed by atoms with Crippen molar-refractivity contribution in [1.29, 1.82) is 0 Å². The molecule has 1 N–H and O–H groups in total. The van der Waals surface area contributed by atoms with E-state index in [0.717, 1.165) is 20.9 Å². The molecule has 0 aliphatic carbocycles. The highest BCUT2D eigenvalue weighted by Crippen LogP contribution is 2.29. The maximum Gasteiger partial charge on any atom is 0.262 e. The van der Waals surface area contributed by atoms with Gasteiger partial charge in [0.15, 0.2) is 6.61 Å². The molecule has 0 aliphatic rings. The predicted molar refractivity (Wildman–Crippen MR) is 108 cm³/mol. The summed E-state index contributed by atoms with van der Waals surface area (Å²) in [6, 6.07) is 18.3. The summed E-state index contributed by atoms with van der Waals surface area (Å²) in [6.07, 6.45) is 1.76. The van der Waals surface area contributed by atoms with Crippen molar-refractivity contribution in [3.8, 4) is 16.3 Å². The van der Waals surface area contributed by atoms with E-state index < -0.39 is 0 Å². The largest absolute Gasteiger partial charge is 0.484 e. The molecule has 0 unspecified atom stereocenters. The number of carbonyl (C=O) groups excluding carboxylic acids is 1. The molecule has 0 saturated carbocycles. The minimum absolute atomic E-state index is 0.0916. The molecule has 2 aromatic heterocycles. The second-order valence-electron chi connectivity index (χ2n) is 5.72. The number of amides is 1. The summed E-state index contributed by atoms with van der Waals surface area (Å²) < 4.78 is 5.44. The van der Waals surface area contributed by atoms with Crippen LogP contribution in [0.1, 0.15) is 0 Å². The molecule has 1 amide bonds. The summed E-state index contributed by atoms with van der Waals surface area (Å²) >= 11 is 7.43. The first-order valence-corrected chi connectivity index (χ1v) is 9.37. The Balaban J connectivity index is 1.39. The number of halogens is 1. The standard InChI is InChI=1S/C20H14ClN3O2S/c21-14-3-1-4-16(11-14)26-12-18(25)23-15-8-6-13(7-9-15)19-24-17-5-2-10-22-20(17)27-19/h1-11H,12H2,(H,23,25). The van der Waals surface area contributed by atoms with Crippen molar-refractivity contribution in [2.24, 2.45) is 0 Å². The molecule has 134 valence electrons. The smallest absolute Gasteiger partial charge is 0.262 e. The Hall–Kier alpha value is -2.96. The van der Waals surface area contributed by atoms with Crippen molar-refractivity contribution in [1.82, 2.24) is 9.97 Å². The van der Waals surface area contributed by atoms with Crippen molar-refractivity contribution in [3.05, 3.63) is 71.9 Å². The van der Waals surface area contributed by atoms with E-state index in [1.54, 1.807) is 30.5 Å². The number of hydrogen-bond donors (Lipinski definition) is 1. The zero-order chi connectivity index (χ0) is 18.6. The first kappa shape index (κ1) is 17.5. The van der Waals surface area contributed by atoms with Crippen molar-refractivity contribution < 1.29 is 9.53 Å². The van der Waals surface area contributed by atoms with Crippen LogP contribution in [0.4, 0.5) is 5.69 Å². The molecule has 0 fully saturated rings. The van der Waals surface area contributed by atoms with E-state index in [1.807, 2.05) is 36.4 Å². The lowest BCUT2D eigenvalue weighted by atomic mass is 10.2. The lowest BCUT2D eigenvalue weighted by molar-refractivity contribution is -0.118. The number of fused-ring (bicyclic) bond motifs is 1. The minimum Gasteiger partial charge on any atom is -0.484 e. The lowest BCUT2D eigenvalue weighted by Crippen LogP contribution is -2.20. The van der Waals surface area contributed by atoms with Crippen LogP contribution in [0.5, 0.6) is 5.75 Å². The third-order valence-corrected chi connectivity index (χ3v) is 5.01. The normalized spacial score (nSPS) is 10.7. The summed E-state index contributed by atoms with van der Waals surface area (Å²) in [4.78, 5) is 21.9. The first-order chi connectivity index (χ1) is 13.2. The number of anilines is 1. The average molecular weight is 396 g/mol. The van der Waals surface area contributed by atoms with Crippen LogP contribution < -0.4 is 10.1 Å². The summed E-state index contributed by atoms with van der Waals surface area (Å²) in [7, 11) is 0. The second-order valence-corrected chi connectivity index (χ2v) is 7.13. The zero-order valence-corrected chi connectivity index (χ0v) is 15.6. The van der Waals surface area contributed by atoms with E-state index in [9.17, 15) is 4.79 Å². The molecule has 0 atom stereocenters. The van der Waals surface area contributed by atoms with Gasteiger partial charge in [-0.05, 0) is 54.6 Å². The molecule has 5 nitrogen and oxygen atoms in total. The molecule has 0 saturated heterocycles. The van der Waals surface area contributed by atoms with Crippen LogP contribution in [0.15, 0.2) is 66.9 Å². The van der Waals surface area contributed by atoms with E-state index in [4.69, 9.17) is 16.3 Å². The van der Waals surface area contributed by atoms with Gasteiger partial charge < -0.3 is 10.1 Å². The number of ether oxygens (including phenoxy) is 1.